The summed E-state index contributed by atoms with van der Waals surface area (Å²) in [7, 11) is 4.09. The van der Waals surface area contributed by atoms with Crippen LogP contribution in [0, 0.1) is 0 Å². The number of aromatic nitrogens is 2. The number of anilines is 3. The molecule has 0 atom stereocenters. The summed E-state index contributed by atoms with van der Waals surface area (Å²) < 4.78 is 10.8. The third-order valence-electron chi connectivity index (χ3n) is 4.27. The molecule has 0 amide bonds. The van der Waals surface area contributed by atoms with E-state index in [1.807, 2.05) is 68.7 Å². The quantitative estimate of drug-likeness (QED) is 0.652. The first kappa shape index (κ1) is 18.1. The number of nitrogens with zero attached hydrogens (tertiary/aromatic N) is 3. The van der Waals surface area contributed by atoms with E-state index in [2.05, 4.69) is 20.5 Å². The normalized spacial score (nSPS) is 12.2. The van der Waals surface area contributed by atoms with Crippen molar-refractivity contribution < 1.29 is 9.47 Å². The molecule has 0 aliphatic carbocycles. The number of benzene rings is 2. The van der Waals surface area contributed by atoms with Crippen molar-refractivity contribution in [3.05, 3.63) is 54.6 Å². The first-order valence-corrected chi connectivity index (χ1v) is 9.17. The molecule has 1 aliphatic rings. The Morgan fingerprint density at radius 3 is 2.54 bits per heavy atom. The van der Waals surface area contributed by atoms with E-state index in [1.54, 1.807) is 0 Å². The van der Waals surface area contributed by atoms with Gasteiger partial charge in [0.1, 0.15) is 11.6 Å². The Bertz CT molecular complexity index is 947. The molecule has 2 aromatic carbocycles. The average Bonchev–Trinajstić information content (AvgIpc) is 3.16. The van der Waals surface area contributed by atoms with Gasteiger partial charge in [0.25, 0.3) is 0 Å². The Morgan fingerprint density at radius 2 is 1.71 bits per heavy atom. The van der Waals surface area contributed by atoms with Crippen molar-refractivity contribution in [2.75, 3.05) is 44.6 Å². The lowest BCUT2D eigenvalue weighted by atomic mass is 10.2. The van der Waals surface area contributed by atoms with Gasteiger partial charge in [0.15, 0.2) is 17.3 Å². The Kier molecular flexibility index (Phi) is 5.25. The maximum Gasteiger partial charge on any atom is 0.231 e. The van der Waals surface area contributed by atoms with E-state index in [4.69, 9.17) is 14.5 Å². The van der Waals surface area contributed by atoms with Crippen LogP contribution in [0.1, 0.15) is 0 Å². The van der Waals surface area contributed by atoms with Crippen LogP contribution in [0.15, 0.2) is 54.6 Å². The zero-order valence-corrected chi connectivity index (χ0v) is 16.0. The number of fused-ring (bicyclic) bond motifs is 1. The van der Waals surface area contributed by atoms with Gasteiger partial charge in [-0.3, -0.25) is 0 Å². The molecule has 2 heterocycles. The summed E-state index contributed by atoms with van der Waals surface area (Å²) in [6, 6.07) is 17.6. The van der Waals surface area contributed by atoms with Gasteiger partial charge >= 0.3 is 0 Å². The van der Waals surface area contributed by atoms with Crippen LogP contribution in [-0.4, -0.2) is 48.8 Å². The molecule has 1 aliphatic heterocycles. The molecule has 0 saturated heterocycles. The molecule has 0 saturated carbocycles. The van der Waals surface area contributed by atoms with Crippen LogP contribution in [0.3, 0.4) is 0 Å². The fourth-order valence-corrected chi connectivity index (χ4v) is 2.85. The standard InChI is InChI=1S/C21H23N5O2/c1-26(2)11-10-22-19-13-20(25-21(24-19)15-6-4-3-5-7-15)23-16-8-9-17-18(12-16)28-14-27-17/h3-9,12-13H,10-11,14H2,1-2H3,(H2,22,23,24,25). The number of ether oxygens (including phenoxy) is 2. The summed E-state index contributed by atoms with van der Waals surface area (Å²) in [5, 5.41) is 6.72. The predicted molar refractivity (Wildman–Crippen MR) is 110 cm³/mol. The Hall–Kier alpha value is -3.32. The topological polar surface area (TPSA) is 71.5 Å². The molecule has 0 spiro atoms. The molecule has 28 heavy (non-hydrogen) atoms. The lowest BCUT2D eigenvalue weighted by Crippen LogP contribution is -2.21. The maximum atomic E-state index is 5.46. The molecule has 0 fully saturated rings. The van der Waals surface area contributed by atoms with Gasteiger partial charge in [-0.05, 0) is 26.2 Å². The van der Waals surface area contributed by atoms with Gasteiger partial charge in [0.05, 0.1) is 0 Å². The van der Waals surface area contributed by atoms with E-state index in [-0.39, 0.29) is 6.79 Å². The molecule has 7 nitrogen and oxygen atoms in total. The second kappa shape index (κ2) is 8.14. The highest BCUT2D eigenvalue weighted by molar-refractivity contribution is 5.67. The molecule has 0 radical (unpaired) electrons. The zero-order chi connectivity index (χ0) is 19.3. The summed E-state index contributed by atoms with van der Waals surface area (Å²) in [4.78, 5) is 11.5. The molecular weight excluding hydrogens is 354 g/mol. The monoisotopic (exact) mass is 377 g/mol. The Labute approximate surface area is 164 Å². The highest BCUT2D eigenvalue weighted by Crippen LogP contribution is 2.35. The minimum absolute atomic E-state index is 0.254. The minimum atomic E-state index is 0.254. The van der Waals surface area contributed by atoms with Gasteiger partial charge in [0, 0.05) is 36.5 Å². The summed E-state index contributed by atoms with van der Waals surface area (Å²) >= 11 is 0. The van der Waals surface area contributed by atoms with Crippen molar-refractivity contribution in [3.8, 4) is 22.9 Å². The van der Waals surface area contributed by atoms with Crippen molar-refractivity contribution >= 4 is 17.3 Å². The molecule has 3 aromatic rings. The van der Waals surface area contributed by atoms with Crippen LogP contribution in [0.25, 0.3) is 11.4 Å². The van der Waals surface area contributed by atoms with E-state index in [9.17, 15) is 0 Å². The van der Waals surface area contributed by atoms with Crippen molar-refractivity contribution in [3.63, 3.8) is 0 Å². The number of hydrogen-bond donors (Lipinski definition) is 2. The molecule has 0 unspecified atom stereocenters. The summed E-state index contributed by atoms with van der Waals surface area (Å²) in [5.74, 6) is 3.63. The van der Waals surface area contributed by atoms with E-state index >= 15 is 0 Å². The van der Waals surface area contributed by atoms with Crippen LogP contribution in [0.5, 0.6) is 11.5 Å². The zero-order valence-electron chi connectivity index (χ0n) is 16.0. The Morgan fingerprint density at radius 1 is 0.929 bits per heavy atom. The van der Waals surface area contributed by atoms with Crippen LogP contribution < -0.4 is 20.1 Å². The smallest absolute Gasteiger partial charge is 0.231 e. The molecule has 0 bridgehead atoms. The largest absolute Gasteiger partial charge is 0.454 e. The summed E-state index contributed by atoms with van der Waals surface area (Å²) in [6.07, 6.45) is 0. The summed E-state index contributed by atoms with van der Waals surface area (Å²) in [5.41, 5.74) is 1.84. The van der Waals surface area contributed by atoms with Crippen molar-refractivity contribution in [1.29, 1.82) is 0 Å². The second-order valence-electron chi connectivity index (χ2n) is 6.75. The SMILES string of the molecule is CN(C)CCNc1cc(Nc2ccc3c(c2)OCO3)nc(-c2ccccc2)n1. The van der Waals surface area contributed by atoms with Crippen LogP contribution >= 0.6 is 0 Å². The number of rotatable bonds is 7. The van der Waals surface area contributed by atoms with E-state index in [0.29, 0.717) is 11.6 Å². The van der Waals surface area contributed by atoms with Gasteiger partial charge in [-0.15, -0.1) is 0 Å². The fourth-order valence-electron chi connectivity index (χ4n) is 2.85. The lowest BCUT2D eigenvalue weighted by Gasteiger charge is -2.14. The number of nitrogens with one attached hydrogen (secondary N) is 2. The Balaban J connectivity index is 1.61. The lowest BCUT2D eigenvalue weighted by molar-refractivity contribution is 0.174. The molecule has 4 rings (SSSR count). The molecule has 2 N–H and O–H groups in total. The molecular formula is C21H23N5O2. The van der Waals surface area contributed by atoms with E-state index < -0.39 is 0 Å². The third-order valence-corrected chi connectivity index (χ3v) is 4.27. The first-order valence-electron chi connectivity index (χ1n) is 9.17. The average molecular weight is 377 g/mol. The fraction of sp³-hybridized carbons (Fsp3) is 0.238. The van der Waals surface area contributed by atoms with Crippen molar-refractivity contribution in [2.24, 2.45) is 0 Å². The van der Waals surface area contributed by atoms with Crippen LogP contribution in [-0.2, 0) is 0 Å². The van der Waals surface area contributed by atoms with Gasteiger partial charge in [-0.2, -0.15) is 0 Å². The molecule has 7 heteroatoms. The van der Waals surface area contributed by atoms with E-state index in [0.717, 1.165) is 41.7 Å². The third kappa shape index (κ3) is 4.32. The predicted octanol–water partition coefficient (Wildman–Crippen LogP) is 3.59. The number of likely N-dealkylation sites (N-methyl/N-ethyl adjacent to an activating group) is 1. The van der Waals surface area contributed by atoms with Crippen molar-refractivity contribution in [1.82, 2.24) is 14.9 Å². The summed E-state index contributed by atoms with van der Waals surface area (Å²) in [6.45, 7) is 1.96. The van der Waals surface area contributed by atoms with Gasteiger partial charge in [-0.1, -0.05) is 30.3 Å². The van der Waals surface area contributed by atoms with Crippen LogP contribution in [0.4, 0.5) is 17.3 Å². The first-order chi connectivity index (χ1) is 13.7. The van der Waals surface area contributed by atoms with Gasteiger partial charge in [0.2, 0.25) is 6.79 Å². The number of hydrogen-bond acceptors (Lipinski definition) is 7. The van der Waals surface area contributed by atoms with Crippen LogP contribution in [0.2, 0.25) is 0 Å². The van der Waals surface area contributed by atoms with Crippen molar-refractivity contribution in [2.45, 2.75) is 0 Å². The van der Waals surface area contributed by atoms with Gasteiger partial charge < -0.3 is 25.0 Å². The molecule has 144 valence electrons. The van der Waals surface area contributed by atoms with Gasteiger partial charge in [-0.25, -0.2) is 9.97 Å². The highest BCUT2D eigenvalue weighted by atomic mass is 16.7. The molecule has 1 aromatic heterocycles. The maximum absolute atomic E-state index is 5.46. The minimum Gasteiger partial charge on any atom is -0.454 e. The highest BCUT2D eigenvalue weighted by Gasteiger charge is 2.14. The van der Waals surface area contributed by atoms with E-state index in [1.165, 1.54) is 0 Å². The second-order valence-corrected chi connectivity index (χ2v) is 6.75.